The van der Waals surface area contributed by atoms with E-state index in [2.05, 4.69) is 5.32 Å². The lowest BCUT2D eigenvalue weighted by molar-refractivity contribution is -0.122. The summed E-state index contributed by atoms with van der Waals surface area (Å²) in [7, 11) is 0. The van der Waals surface area contributed by atoms with Crippen molar-refractivity contribution in [3.63, 3.8) is 0 Å². The van der Waals surface area contributed by atoms with Crippen molar-refractivity contribution in [2.75, 3.05) is 0 Å². The van der Waals surface area contributed by atoms with Crippen molar-refractivity contribution in [3.05, 3.63) is 35.6 Å². The number of amides is 1. The molecule has 1 aromatic rings. The predicted octanol–water partition coefficient (Wildman–Crippen LogP) is 1.99. The largest absolute Gasteiger partial charge is 0.351 e. The van der Waals surface area contributed by atoms with Gasteiger partial charge in [0.25, 0.3) is 0 Å². The lowest BCUT2D eigenvalue weighted by Gasteiger charge is -2.11. The van der Waals surface area contributed by atoms with Gasteiger partial charge in [-0.05, 0) is 12.5 Å². The van der Waals surface area contributed by atoms with E-state index in [4.69, 9.17) is 5.73 Å². The SMILES string of the molecule is CCCC(N)C(=O)NCc1ccccc1F.Cl. The second-order valence-corrected chi connectivity index (χ2v) is 3.70. The molecule has 0 aliphatic carbocycles. The van der Waals surface area contributed by atoms with Crippen LogP contribution < -0.4 is 11.1 Å². The molecule has 0 aromatic heterocycles. The van der Waals surface area contributed by atoms with Crippen LogP contribution in [0.3, 0.4) is 0 Å². The highest BCUT2D eigenvalue weighted by atomic mass is 35.5. The molecule has 0 radical (unpaired) electrons. The topological polar surface area (TPSA) is 55.1 Å². The van der Waals surface area contributed by atoms with Gasteiger partial charge in [0.2, 0.25) is 5.91 Å². The van der Waals surface area contributed by atoms with Gasteiger partial charge in [-0.1, -0.05) is 31.5 Å². The van der Waals surface area contributed by atoms with E-state index in [9.17, 15) is 9.18 Å². The van der Waals surface area contributed by atoms with E-state index in [1.165, 1.54) is 6.07 Å². The van der Waals surface area contributed by atoms with Crippen LogP contribution in [-0.4, -0.2) is 11.9 Å². The van der Waals surface area contributed by atoms with Crippen LogP contribution in [0.1, 0.15) is 25.3 Å². The zero-order valence-corrected chi connectivity index (χ0v) is 10.6. The van der Waals surface area contributed by atoms with Gasteiger partial charge in [-0.2, -0.15) is 0 Å². The Labute approximate surface area is 107 Å². The standard InChI is InChI=1S/C12H17FN2O.ClH/c1-2-5-11(14)12(16)15-8-9-6-3-4-7-10(9)13;/h3-4,6-7,11H,2,5,8,14H2,1H3,(H,15,16);1H. The van der Waals surface area contributed by atoms with Gasteiger partial charge in [-0.25, -0.2) is 4.39 Å². The van der Waals surface area contributed by atoms with E-state index in [1.807, 2.05) is 6.92 Å². The highest BCUT2D eigenvalue weighted by molar-refractivity contribution is 5.85. The minimum Gasteiger partial charge on any atom is -0.351 e. The van der Waals surface area contributed by atoms with Gasteiger partial charge < -0.3 is 11.1 Å². The first-order valence-electron chi connectivity index (χ1n) is 5.41. The summed E-state index contributed by atoms with van der Waals surface area (Å²) in [5, 5.41) is 2.62. The number of nitrogens with two attached hydrogens (primary N) is 1. The van der Waals surface area contributed by atoms with Crippen molar-refractivity contribution in [1.82, 2.24) is 5.32 Å². The first-order chi connectivity index (χ1) is 7.65. The Balaban J connectivity index is 0.00000256. The van der Waals surface area contributed by atoms with Crippen LogP contribution in [-0.2, 0) is 11.3 Å². The molecule has 0 aliphatic rings. The lowest BCUT2D eigenvalue weighted by Crippen LogP contribution is -2.40. The highest BCUT2D eigenvalue weighted by Crippen LogP contribution is 2.05. The molecule has 1 unspecified atom stereocenters. The van der Waals surface area contributed by atoms with E-state index >= 15 is 0 Å². The maximum absolute atomic E-state index is 13.2. The Morgan fingerprint density at radius 2 is 2.12 bits per heavy atom. The number of hydrogen-bond donors (Lipinski definition) is 2. The summed E-state index contributed by atoms with van der Waals surface area (Å²) in [5.74, 6) is -0.544. The molecule has 1 atom stereocenters. The maximum atomic E-state index is 13.2. The lowest BCUT2D eigenvalue weighted by atomic mass is 10.1. The fourth-order valence-corrected chi connectivity index (χ4v) is 1.40. The van der Waals surface area contributed by atoms with Crippen molar-refractivity contribution in [1.29, 1.82) is 0 Å². The summed E-state index contributed by atoms with van der Waals surface area (Å²) in [5.41, 5.74) is 6.10. The van der Waals surface area contributed by atoms with Gasteiger partial charge in [-0.3, -0.25) is 4.79 Å². The molecule has 0 saturated heterocycles. The number of carbonyl (C=O) groups is 1. The number of benzene rings is 1. The minimum absolute atomic E-state index is 0. The molecule has 0 fully saturated rings. The van der Waals surface area contributed by atoms with Crippen molar-refractivity contribution >= 4 is 18.3 Å². The number of carbonyl (C=O) groups excluding carboxylic acids is 1. The van der Waals surface area contributed by atoms with Gasteiger partial charge in [0.1, 0.15) is 5.82 Å². The average Bonchev–Trinajstić information content (AvgIpc) is 2.28. The molecule has 0 saturated carbocycles. The molecule has 3 N–H and O–H groups in total. The summed E-state index contributed by atoms with van der Waals surface area (Å²) in [6.45, 7) is 2.15. The Kier molecular flexibility index (Phi) is 7.50. The predicted molar refractivity (Wildman–Crippen MR) is 68.4 cm³/mol. The van der Waals surface area contributed by atoms with Crippen LogP contribution in [0.5, 0.6) is 0 Å². The Hall–Kier alpha value is -1.13. The fraction of sp³-hybridized carbons (Fsp3) is 0.417. The van der Waals surface area contributed by atoms with Gasteiger partial charge >= 0.3 is 0 Å². The third-order valence-corrected chi connectivity index (χ3v) is 2.35. The zero-order valence-electron chi connectivity index (χ0n) is 9.78. The number of rotatable bonds is 5. The Morgan fingerprint density at radius 3 is 2.71 bits per heavy atom. The van der Waals surface area contributed by atoms with Gasteiger partial charge in [0, 0.05) is 12.1 Å². The van der Waals surface area contributed by atoms with Crippen LogP contribution in [0.2, 0.25) is 0 Å². The molecule has 0 aliphatic heterocycles. The average molecular weight is 261 g/mol. The van der Waals surface area contributed by atoms with E-state index in [0.29, 0.717) is 12.0 Å². The third-order valence-electron chi connectivity index (χ3n) is 2.35. The quantitative estimate of drug-likeness (QED) is 0.851. The minimum atomic E-state index is -0.503. The summed E-state index contributed by atoms with van der Waals surface area (Å²) in [4.78, 5) is 11.5. The summed E-state index contributed by atoms with van der Waals surface area (Å²) in [6.07, 6.45) is 1.50. The number of hydrogen-bond acceptors (Lipinski definition) is 2. The Morgan fingerprint density at radius 1 is 1.47 bits per heavy atom. The molecule has 0 bridgehead atoms. The summed E-state index contributed by atoms with van der Waals surface area (Å²) >= 11 is 0. The maximum Gasteiger partial charge on any atom is 0.237 e. The normalized spacial score (nSPS) is 11.5. The van der Waals surface area contributed by atoms with Gasteiger partial charge in [0.15, 0.2) is 0 Å². The van der Waals surface area contributed by atoms with Crippen molar-refractivity contribution < 1.29 is 9.18 Å². The molecule has 0 heterocycles. The number of nitrogens with one attached hydrogen (secondary N) is 1. The monoisotopic (exact) mass is 260 g/mol. The first kappa shape index (κ1) is 15.9. The van der Waals surface area contributed by atoms with Gasteiger partial charge in [-0.15, -0.1) is 12.4 Å². The fourth-order valence-electron chi connectivity index (χ4n) is 1.40. The molecule has 96 valence electrons. The highest BCUT2D eigenvalue weighted by Gasteiger charge is 2.12. The van der Waals surface area contributed by atoms with Crippen LogP contribution in [0.15, 0.2) is 24.3 Å². The molecule has 17 heavy (non-hydrogen) atoms. The molecule has 1 amide bonds. The zero-order chi connectivity index (χ0) is 12.0. The molecule has 1 rings (SSSR count). The van der Waals surface area contributed by atoms with Crippen LogP contribution in [0.4, 0.5) is 4.39 Å². The van der Waals surface area contributed by atoms with E-state index in [-0.39, 0.29) is 30.7 Å². The van der Waals surface area contributed by atoms with Gasteiger partial charge in [0.05, 0.1) is 6.04 Å². The number of halogens is 2. The second kappa shape index (κ2) is 8.03. The molecular weight excluding hydrogens is 243 g/mol. The molecular formula is C12H18ClFN2O. The van der Waals surface area contributed by atoms with Crippen molar-refractivity contribution in [3.8, 4) is 0 Å². The van der Waals surface area contributed by atoms with Crippen molar-refractivity contribution in [2.45, 2.75) is 32.4 Å². The van der Waals surface area contributed by atoms with E-state index < -0.39 is 6.04 Å². The Bertz CT molecular complexity index is 360. The smallest absolute Gasteiger partial charge is 0.237 e. The third kappa shape index (κ3) is 5.15. The van der Waals surface area contributed by atoms with E-state index in [1.54, 1.807) is 18.2 Å². The first-order valence-corrected chi connectivity index (χ1v) is 5.41. The summed E-state index contributed by atoms with van der Waals surface area (Å²) in [6, 6.07) is 5.85. The molecule has 3 nitrogen and oxygen atoms in total. The van der Waals surface area contributed by atoms with Crippen molar-refractivity contribution in [2.24, 2.45) is 5.73 Å². The molecule has 1 aromatic carbocycles. The molecule has 0 spiro atoms. The van der Waals surface area contributed by atoms with Crippen LogP contribution in [0, 0.1) is 5.82 Å². The summed E-state index contributed by atoms with van der Waals surface area (Å²) < 4.78 is 13.2. The van der Waals surface area contributed by atoms with E-state index in [0.717, 1.165) is 6.42 Å². The van der Waals surface area contributed by atoms with Crippen LogP contribution >= 0.6 is 12.4 Å². The van der Waals surface area contributed by atoms with Crippen LogP contribution in [0.25, 0.3) is 0 Å². The molecule has 5 heteroatoms. The second-order valence-electron chi connectivity index (χ2n) is 3.70.